The van der Waals surface area contributed by atoms with Crippen LogP contribution in [0.5, 0.6) is 0 Å². The fourth-order valence-electron chi connectivity index (χ4n) is 2.88. The molecule has 2 N–H and O–H groups in total. The van der Waals surface area contributed by atoms with E-state index >= 15 is 0 Å². The molecule has 0 radical (unpaired) electrons. The van der Waals surface area contributed by atoms with Gasteiger partial charge in [-0.05, 0) is 42.7 Å². The van der Waals surface area contributed by atoms with Crippen LogP contribution in [0.4, 0.5) is 10.5 Å². The monoisotopic (exact) mass is 274 g/mol. The maximum absolute atomic E-state index is 12.0. The maximum atomic E-state index is 12.0. The van der Waals surface area contributed by atoms with Gasteiger partial charge < -0.3 is 10.6 Å². The van der Waals surface area contributed by atoms with Gasteiger partial charge in [-0.1, -0.05) is 44.9 Å². The van der Waals surface area contributed by atoms with Crippen LogP contribution in [0.3, 0.4) is 0 Å². The van der Waals surface area contributed by atoms with Crippen molar-refractivity contribution >= 4 is 11.7 Å². The van der Waals surface area contributed by atoms with Gasteiger partial charge in [0.25, 0.3) is 0 Å². The van der Waals surface area contributed by atoms with Gasteiger partial charge in [-0.15, -0.1) is 0 Å². The Morgan fingerprint density at radius 1 is 1.30 bits per heavy atom. The third-order valence-electron chi connectivity index (χ3n) is 4.38. The van der Waals surface area contributed by atoms with Crippen LogP contribution < -0.4 is 10.6 Å². The van der Waals surface area contributed by atoms with E-state index in [9.17, 15) is 4.79 Å². The smallest absolute Gasteiger partial charge is 0.319 e. The Morgan fingerprint density at radius 2 is 2.00 bits per heavy atom. The van der Waals surface area contributed by atoms with Crippen LogP contribution in [0.15, 0.2) is 24.3 Å². The third kappa shape index (κ3) is 3.99. The topological polar surface area (TPSA) is 41.1 Å². The minimum atomic E-state index is -0.0762. The van der Waals surface area contributed by atoms with E-state index in [1.165, 1.54) is 31.2 Å². The van der Waals surface area contributed by atoms with Crippen molar-refractivity contribution in [3.05, 3.63) is 29.8 Å². The highest BCUT2D eigenvalue weighted by Gasteiger charge is 2.16. The quantitative estimate of drug-likeness (QED) is 0.814. The number of hydrogen-bond acceptors (Lipinski definition) is 1. The number of rotatable bonds is 5. The van der Waals surface area contributed by atoms with Crippen LogP contribution in [-0.2, 0) is 0 Å². The summed E-state index contributed by atoms with van der Waals surface area (Å²) in [5.41, 5.74) is 2.15. The molecule has 1 aliphatic carbocycles. The van der Waals surface area contributed by atoms with Crippen molar-refractivity contribution < 1.29 is 4.79 Å². The lowest BCUT2D eigenvalue weighted by atomic mass is 9.97. The van der Waals surface area contributed by atoms with Gasteiger partial charge in [-0.2, -0.15) is 0 Å². The van der Waals surface area contributed by atoms with Crippen molar-refractivity contribution in [2.45, 2.75) is 51.9 Å². The Kier molecular flexibility index (Phi) is 5.45. The second kappa shape index (κ2) is 7.32. The van der Waals surface area contributed by atoms with Gasteiger partial charge in [0.1, 0.15) is 0 Å². The fourth-order valence-corrected chi connectivity index (χ4v) is 2.88. The van der Waals surface area contributed by atoms with Crippen molar-refractivity contribution in [3.8, 4) is 0 Å². The first-order chi connectivity index (χ1) is 9.70. The number of carbonyl (C=O) groups is 1. The van der Waals surface area contributed by atoms with Crippen LogP contribution in [-0.4, -0.2) is 12.6 Å². The van der Waals surface area contributed by atoms with E-state index < -0.39 is 0 Å². The van der Waals surface area contributed by atoms with Gasteiger partial charge in [-0.3, -0.25) is 0 Å². The molecule has 2 amide bonds. The van der Waals surface area contributed by atoms with Crippen LogP contribution in [0.2, 0.25) is 0 Å². The molecule has 1 unspecified atom stereocenters. The first kappa shape index (κ1) is 14.9. The molecule has 3 heteroatoms. The lowest BCUT2D eigenvalue weighted by molar-refractivity contribution is 0.250. The first-order valence-corrected chi connectivity index (χ1v) is 7.84. The number of urea groups is 1. The maximum Gasteiger partial charge on any atom is 0.319 e. The summed E-state index contributed by atoms with van der Waals surface area (Å²) in [5, 5.41) is 6.01. The number of para-hydroxylation sites is 1. The number of carbonyl (C=O) groups excluding carboxylic acids is 1. The number of benzene rings is 1. The number of hydrogen-bond donors (Lipinski definition) is 2. The second-order valence-electron chi connectivity index (χ2n) is 5.88. The van der Waals surface area contributed by atoms with Crippen LogP contribution >= 0.6 is 0 Å². The number of amides is 2. The molecule has 0 aromatic heterocycles. The highest BCUT2D eigenvalue weighted by Crippen LogP contribution is 2.26. The largest absolute Gasteiger partial charge is 0.338 e. The van der Waals surface area contributed by atoms with Gasteiger partial charge in [0.2, 0.25) is 0 Å². The molecule has 1 saturated carbocycles. The minimum Gasteiger partial charge on any atom is -0.338 e. The molecule has 0 aliphatic heterocycles. The van der Waals surface area contributed by atoms with Gasteiger partial charge in [0.15, 0.2) is 0 Å². The number of nitrogens with one attached hydrogen (secondary N) is 2. The van der Waals surface area contributed by atoms with E-state index in [1.807, 2.05) is 18.2 Å². The molecular formula is C17H26N2O. The van der Waals surface area contributed by atoms with Crippen LogP contribution in [0.1, 0.15) is 57.4 Å². The summed E-state index contributed by atoms with van der Waals surface area (Å²) in [7, 11) is 0. The lowest BCUT2D eigenvalue weighted by Gasteiger charge is -2.17. The van der Waals surface area contributed by atoms with Gasteiger partial charge in [-0.25, -0.2) is 4.79 Å². The van der Waals surface area contributed by atoms with E-state index in [-0.39, 0.29) is 6.03 Å². The molecule has 0 spiro atoms. The molecule has 2 rings (SSSR count). The van der Waals surface area contributed by atoms with E-state index in [0.29, 0.717) is 11.8 Å². The van der Waals surface area contributed by atoms with Crippen LogP contribution in [0, 0.1) is 5.92 Å². The van der Waals surface area contributed by atoms with E-state index in [0.717, 1.165) is 18.7 Å². The van der Waals surface area contributed by atoms with Gasteiger partial charge in [0.05, 0.1) is 0 Å². The van der Waals surface area contributed by atoms with E-state index in [4.69, 9.17) is 0 Å². The molecule has 1 aromatic carbocycles. The first-order valence-electron chi connectivity index (χ1n) is 7.84. The molecule has 0 heterocycles. The minimum absolute atomic E-state index is 0.0762. The molecule has 0 saturated heterocycles. The Bertz CT molecular complexity index is 438. The molecule has 1 atom stereocenters. The van der Waals surface area contributed by atoms with Crippen molar-refractivity contribution in [2.24, 2.45) is 5.92 Å². The molecule has 0 bridgehead atoms. The van der Waals surface area contributed by atoms with Gasteiger partial charge in [0, 0.05) is 12.2 Å². The van der Waals surface area contributed by atoms with Crippen molar-refractivity contribution in [2.75, 3.05) is 11.9 Å². The predicted molar refractivity (Wildman–Crippen MR) is 84.1 cm³/mol. The standard InChI is InChI=1S/C17H26N2O/c1-3-13(2)15-10-6-7-11-16(15)19-17(20)18-12-14-8-4-5-9-14/h6-7,10-11,13-14H,3-5,8-9,12H2,1-2H3,(H2,18,19,20). The summed E-state index contributed by atoms with van der Waals surface area (Å²) < 4.78 is 0. The summed E-state index contributed by atoms with van der Waals surface area (Å²) in [5.74, 6) is 1.13. The molecular weight excluding hydrogens is 248 g/mol. The number of anilines is 1. The highest BCUT2D eigenvalue weighted by molar-refractivity contribution is 5.90. The summed E-state index contributed by atoms with van der Waals surface area (Å²) in [6.07, 6.45) is 6.20. The molecule has 20 heavy (non-hydrogen) atoms. The summed E-state index contributed by atoms with van der Waals surface area (Å²) in [6.45, 7) is 5.16. The zero-order valence-corrected chi connectivity index (χ0v) is 12.6. The lowest BCUT2D eigenvalue weighted by Crippen LogP contribution is -2.32. The van der Waals surface area contributed by atoms with Crippen molar-refractivity contribution in [1.29, 1.82) is 0 Å². The molecule has 110 valence electrons. The molecule has 1 fully saturated rings. The van der Waals surface area contributed by atoms with Crippen LogP contribution in [0.25, 0.3) is 0 Å². The average Bonchev–Trinajstić information content (AvgIpc) is 2.98. The van der Waals surface area contributed by atoms with E-state index in [2.05, 4.69) is 30.5 Å². The third-order valence-corrected chi connectivity index (χ3v) is 4.38. The normalized spacial score (nSPS) is 16.9. The van der Waals surface area contributed by atoms with E-state index in [1.54, 1.807) is 0 Å². The summed E-state index contributed by atoms with van der Waals surface area (Å²) in [4.78, 5) is 12.0. The van der Waals surface area contributed by atoms with Crippen molar-refractivity contribution in [1.82, 2.24) is 5.32 Å². The Morgan fingerprint density at radius 3 is 2.70 bits per heavy atom. The Balaban J connectivity index is 1.90. The summed E-state index contributed by atoms with van der Waals surface area (Å²) in [6, 6.07) is 8.01. The fraction of sp³-hybridized carbons (Fsp3) is 0.588. The van der Waals surface area contributed by atoms with Gasteiger partial charge >= 0.3 is 6.03 Å². The SMILES string of the molecule is CCC(C)c1ccccc1NC(=O)NCC1CCCC1. The molecule has 1 aromatic rings. The Labute approximate surface area is 122 Å². The van der Waals surface area contributed by atoms with Crippen molar-refractivity contribution in [3.63, 3.8) is 0 Å². The highest BCUT2D eigenvalue weighted by atomic mass is 16.2. The predicted octanol–water partition coefficient (Wildman–Crippen LogP) is 4.51. The zero-order chi connectivity index (χ0) is 14.4. The average molecular weight is 274 g/mol. The molecule has 1 aliphatic rings. The summed E-state index contributed by atoms with van der Waals surface area (Å²) >= 11 is 0. The Hall–Kier alpha value is -1.51. The second-order valence-corrected chi connectivity index (χ2v) is 5.88. The zero-order valence-electron chi connectivity index (χ0n) is 12.6. The molecule has 3 nitrogen and oxygen atoms in total.